The summed E-state index contributed by atoms with van der Waals surface area (Å²) in [6, 6.07) is 35.9. The molecule has 0 atom stereocenters. The van der Waals surface area contributed by atoms with Crippen molar-refractivity contribution in [1.82, 2.24) is 0 Å². The zero-order chi connectivity index (χ0) is 26.6. The van der Waals surface area contributed by atoms with Crippen molar-refractivity contribution in [2.45, 2.75) is 6.92 Å². The van der Waals surface area contributed by atoms with Crippen molar-refractivity contribution in [2.24, 2.45) is 0 Å². The van der Waals surface area contributed by atoms with E-state index in [9.17, 15) is 20.2 Å². The van der Waals surface area contributed by atoms with Gasteiger partial charge in [-0.2, -0.15) is 0 Å². The number of anilines is 2. The average molecular weight is 502 g/mol. The monoisotopic (exact) mass is 501 g/mol. The van der Waals surface area contributed by atoms with Crippen LogP contribution < -0.4 is 5.32 Å². The van der Waals surface area contributed by atoms with E-state index in [1.54, 1.807) is 6.92 Å². The Morgan fingerprint density at radius 3 is 1.32 bits per heavy atom. The van der Waals surface area contributed by atoms with Gasteiger partial charge in [0, 0.05) is 23.3 Å². The molecular weight excluding hydrogens is 478 g/mol. The van der Waals surface area contributed by atoms with E-state index in [4.69, 9.17) is 0 Å². The molecule has 0 amide bonds. The fourth-order valence-electron chi connectivity index (χ4n) is 4.55. The lowest BCUT2D eigenvalue weighted by molar-refractivity contribution is -0.392. The maximum Gasteiger partial charge on any atom is 0.300 e. The second-order valence-corrected chi connectivity index (χ2v) is 8.86. The van der Waals surface area contributed by atoms with Crippen LogP contribution in [0.3, 0.4) is 0 Å². The largest absolute Gasteiger partial charge is 0.343 e. The molecule has 0 aliphatic heterocycles. The Morgan fingerprint density at radius 1 is 0.526 bits per heavy atom. The van der Waals surface area contributed by atoms with Gasteiger partial charge in [-0.25, -0.2) is 0 Å². The number of aryl methyl sites for hydroxylation is 1. The first kappa shape index (κ1) is 24.4. The van der Waals surface area contributed by atoms with Crippen molar-refractivity contribution < 1.29 is 9.85 Å². The summed E-state index contributed by atoms with van der Waals surface area (Å²) in [4.78, 5) is 22.9. The molecule has 0 unspecified atom stereocenters. The molecule has 0 bridgehead atoms. The summed E-state index contributed by atoms with van der Waals surface area (Å²) < 4.78 is 0. The lowest BCUT2D eigenvalue weighted by Gasteiger charge is -2.20. The second kappa shape index (κ2) is 10.4. The van der Waals surface area contributed by atoms with Crippen molar-refractivity contribution in [3.05, 3.63) is 141 Å². The van der Waals surface area contributed by atoms with Crippen molar-refractivity contribution in [2.75, 3.05) is 5.32 Å². The Kier molecular flexibility index (Phi) is 6.65. The Morgan fingerprint density at radius 2 is 0.921 bits per heavy atom. The zero-order valence-corrected chi connectivity index (χ0v) is 20.5. The third-order valence-electron chi connectivity index (χ3n) is 6.30. The first-order valence-corrected chi connectivity index (χ1v) is 12.0. The molecule has 0 saturated heterocycles. The SMILES string of the molecule is Cc1cc([N+](=O)[O-])c(Nc2c(-c3ccccc3)cc(-c3ccccc3)cc2-c2ccccc2)c([N+](=O)[O-])c1. The molecule has 1 N–H and O–H groups in total. The van der Waals surface area contributed by atoms with Crippen LogP contribution in [-0.2, 0) is 0 Å². The van der Waals surface area contributed by atoms with Gasteiger partial charge in [-0.05, 0) is 46.9 Å². The number of nitro groups is 2. The fraction of sp³-hybridized carbons (Fsp3) is 0.0323. The highest BCUT2D eigenvalue weighted by Gasteiger charge is 2.28. The number of hydrogen-bond donors (Lipinski definition) is 1. The van der Waals surface area contributed by atoms with E-state index in [-0.39, 0.29) is 17.1 Å². The summed E-state index contributed by atoms with van der Waals surface area (Å²) in [7, 11) is 0. The lowest BCUT2D eigenvalue weighted by Crippen LogP contribution is -2.05. The Labute approximate surface area is 219 Å². The molecule has 7 heteroatoms. The normalized spacial score (nSPS) is 10.7. The Hall–Kier alpha value is -5.30. The van der Waals surface area contributed by atoms with Crippen LogP contribution in [0.25, 0.3) is 33.4 Å². The highest BCUT2D eigenvalue weighted by atomic mass is 16.6. The molecule has 38 heavy (non-hydrogen) atoms. The molecule has 5 aromatic carbocycles. The molecule has 0 heterocycles. The number of rotatable bonds is 7. The van der Waals surface area contributed by atoms with Gasteiger partial charge in [-0.1, -0.05) is 91.0 Å². The van der Waals surface area contributed by atoms with Gasteiger partial charge in [0.25, 0.3) is 11.4 Å². The predicted molar refractivity (Wildman–Crippen MR) is 151 cm³/mol. The quantitative estimate of drug-likeness (QED) is 0.178. The number of benzene rings is 5. The standard InChI is InChI=1S/C31H23N3O4/c1-21-17-28(33(35)36)31(29(18-21)34(37)38)32-30-26(23-13-7-3-8-14-23)19-25(22-11-5-2-6-12-22)20-27(30)24-15-9-4-10-16-24/h2-20,32H,1H3. The molecule has 5 rings (SSSR count). The molecule has 0 aliphatic rings. The first-order chi connectivity index (χ1) is 18.4. The number of nitrogens with one attached hydrogen (secondary N) is 1. The number of nitro benzene ring substituents is 2. The highest BCUT2D eigenvalue weighted by Crippen LogP contribution is 2.46. The van der Waals surface area contributed by atoms with Gasteiger partial charge in [-0.3, -0.25) is 20.2 Å². The minimum Gasteiger partial charge on any atom is -0.343 e. The summed E-state index contributed by atoms with van der Waals surface area (Å²) >= 11 is 0. The van der Waals surface area contributed by atoms with Gasteiger partial charge < -0.3 is 5.32 Å². The molecule has 0 saturated carbocycles. The topological polar surface area (TPSA) is 98.3 Å². The van der Waals surface area contributed by atoms with Crippen LogP contribution in [0.2, 0.25) is 0 Å². The molecule has 5 aromatic rings. The van der Waals surface area contributed by atoms with Crippen molar-refractivity contribution in [1.29, 1.82) is 0 Å². The highest BCUT2D eigenvalue weighted by molar-refractivity contribution is 5.98. The van der Waals surface area contributed by atoms with E-state index in [1.165, 1.54) is 12.1 Å². The van der Waals surface area contributed by atoms with Crippen LogP contribution in [-0.4, -0.2) is 9.85 Å². The van der Waals surface area contributed by atoms with E-state index in [1.807, 2.05) is 103 Å². The van der Waals surface area contributed by atoms with Crippen LogP contribution in [0.5, 0.6) is 0 Å². The second-order valence-electron chi connectivity index (χ2n) is 8.86. The Balaban J connectivity index is 1.85. The van der Waals surface area contributed by atoms with Crippen LogP contribution in [0.4, 0.5) is 22.7 Å². The van der Waals surface area contributed by atoms with Gasteiger partial charge in [0.05, 0.1) is 15.5 Å². The minimum atomic E-state index is -0.592. The van der Waals surface area contributed by atoms with Gasteiger partial charge in [-0.15, -0.1) is 0 Å². The Bertz CT molecular complexity index is 1540. The summed E-state index contributed by atoms with van der Waals surface area (Å²) in [5.74, 6) is 0. The van der Waals surface area contributed by atoms with E-state index in [0.29, 0.717) is 11.3 Å². The van der Waals surface area contributed by atoms with Gasteiger partial charge >= 0.3 is 0 Å². The van der Waals surface area contributed by atoms with Crippen molar-refractivity contribution >= 4 is 22.7 Å². The van der Waals surface area contributed by atoms with E-state index >= 15 is 0 Å². The molecule has 186 valence electrons. The average Bonchev–Trinajstić information content (AvgIpc) is 2.95. The predicted octanol–water partition coefficient (Wildman–Crippen LogP) is 8.56. The minimum absolute atomic E-state index is 0.160. The molecule has 0 aromatic heterocycles. The fourth-order valence-corrected chi connectivity index (χ4v) is 4.55. The van der Waals surface area contributed by atoms with Gasteiger partial charge in [0.1, 0.15) is 0 Å². The number of hydrogen-bond acceptors (Lipinski definition) is 5. The van der Waals surface area contributed by atoms with Crippen LogP contribution in [0.15, 0.2) is 115 Å². The van der Waals surface area contributed by atoms with Gasteiger partial charge in [0.2, 0.25) is 0 Å². The van der Waals surface area contributed by atoms with E-state index in [0.717, 1.165) is 33.4 Å². The van der Waals surface area contributed by atoms with Crippen LogP contribution >= 0.6 is 0 Å². The van der Waals surface area contributed by atoms with E-state index < -0.39 is 9.85 Å². The molecule has 0 fully saturated rings. The van der Waals surface area contributed by atoms with E-state index in [2.05, 4.69) is 5.32 Å². The lowest BCUT2D eigenvalue weighted by atomic mass is 9.90. The molecular formula is C31H23N3O4. The summed E-state index contributed by atoms with van der Waals surface area (Å²) in [6.07, 6.45) is 0. The maximum absolute atomic E-state index is 12.0. The third-order valence-corrected chi connectivity index (χ3v) is 6.30. The van der Waals surface area contributed by atoms with Gasteiger partial charge in [0.15, 0.2) is 5.69 Å². The van der Waals surface area contributed by atoms with Crippen molar-refractivity contribution in [3.8, 4) is 33.4 Å². The van der Waals surface area contributed by atoms with Crippen LogP contribution in [0.1, 0.15) is 5.56 Å². The zero-order valence-electron chi connectivity index (χ0n) is 20.5. The maximum atomic E-state index is 12.0. The molecule has 0 aliphatic carbocycles. The molecule has 0 spiro atoms. The van der Waals surface area contributed by atoms with Crippen LogP contribution in [0, 0.1) is 27.2 Å². The smallest absolute Gasteiger partial charge is 0.300 e. The molecule has 7 nitrogen and oxygen atoms in total. The summed E-state index contributed by atoms with van der Waals surface area (Å²) in [6.45, 7) is 1.60. The molecule has 0 radical (unpaired) electrons. The summed E-state index contributed by atoms with van der Waals surface area (Å²) in [5, 5.41) is 27.2. The first-order valence-electron chi connectivity index (χ1n) is 12.0. The van der Waals surface area contributed by atoms with Crippen molar-refractivity contribution in [3.63, 3.8) is 0 Å². The third kappa shape index (κ3) is 4.85. The summed E-state index contributed by atoms with van der Waals surface area (Å²) in [5.41, 5.74) is 5.28. The number of nitrogens with zero attached hydrogens (tertiary/aromatic N) is 2.